The summed E-state index contributed by atoms with van der Waals surface area (Å²) < 4.78 is 0. The number of hydrogen-bond acceptors (Lipinski definition) is 6. The average Bonchev–Trinajstić information content (AvgIpc) is 2.84. The van der Waals surface area contributed by atoms with Gasteiger partial charge in [-0.2, -0.15) is 0 Å². The lowest BCUT2D eigenvalue weighted by molar-refractivity contribution is -0.297. The van der Waals surface area contributed by atoms with Crippen LogP contribution in [0.2, 0.25) is 0 Å². The number of thioether (sulfide) groups is 2. The van der Waals surface area contributed by atoms with Crippen LogP contribution < -0.4 is 5.11 Å². The van der Waals surface area contributed by atoms with E-state index in [1.807, 2.05) is 30.5 Å². The smallest absolute Gasteiger partial charge is 0.213 e. The van der Waals surface area contributed by atoms with E-state index < -0.39 is 5.97 Å². The van der Waals surface area contributed by atoms with Gasteiger partial charge in [-0.05, 0) is 48.7 Å². The van der Waals surface area contributed by atoms with E-state index >= 15 is 0 Å². The summed E-state index contributed by atoms with van der Waals surface area (Å²) in [5.74, 6) is -0.610. The van der Waals surface area contributed by atoms with Gasteiger partial charge in [-0.3, -0.25) is 5.10 Å². The van der Waals surface area contributed by atoms with Gasteiger partial charge in [-0.1, -0.05) is 12.1 Å². The fourth-order valence-corrected chi connectivity index (χ4v) is 2.60. The van der Waals surface area contributed by atoms with Gasteiger partial charge in [0.1, 0.15) is 5.82 Å². The van der Waals surface area contributed by atoms with E-state index in [1.165, 1.54) is 0 Å². The quantitative estimate of drug-likeness (QED) is 0.669. The molecule has 0 amide bonds. The molecule has 7 heteroatoms. The van der Waals surface area contributed by atoms with Crippen LogP contribution in [0.25, 0.3) is 6.08 Å². The third kappa shape index (κ3) is 3.88. The Bertz CT molecular complexity index is 635. The maximum Gasteiger partial charge on any atom is 0.213 e. The zero-order valence-corrected chi connectivity index (χ0v) is 12.5. The first kappa shape index (κ1) is 14.7. The minimum atomic E-state index is -1.24. The number of aromatic nitrogens is 3. The molecular weight excluding hydrogens is 294 g/mol. The lowest BCUT2D eigenvalue weighted by atomic mass is 10.2. The molecule has 0 saturated heterocycles. The second-order valence-corrected chi connectivity index (χ2v) is 5.76. The number of carbonyl (C=O) groups is 1. The summed E-state index contributed by atoms with van der Waals surface area (Å²) in [4.78, 5) is 16.4. The third-order valence-electron chi connectivity index (χ3n) is 2.39. The molecule has 0 aliphatic rings. The van der Waals surface area contributed by atoms with Crippen molar-refractivity contribution in [1.29, 1.82) is 0 Å². The second kappa shape index (κ2) is 6.62. The van der Waals surface area contributed by atoms with Gasteiger partial charge in [0.15, 0.2) is 0 Å². The van der Waals surface area contributed by atoms with Crippen LogP contribution in [0.15, 0.2) is 39.2 Å². The highest BCUT2D eigenvalue weighted by molar-refractivity contribution is 8.04. The van der Waals surface area contributed by atoms with Crippen molar-refractivity contribution in [2.24, 2.45) is 0 Å². The van der Waals surface area contributed by atoms with E-state index in [2.05, 4.69) is 15.2 Å². The maximum absolute atomic E-state index is 11.2. The summed E-state index contributed by atoms with van der Waals surface area (Å²) in [6.07, 6.45) is 3.54. The number of carboxylic acids is 1. The Morgan fingerprint density at radius 1 is 1.35 bits per heavy atom. The van der Waals surface area contributed by atoms with Crippen LogP contribution >= 0.6 is 23.5 Å². The topological polar surface area (TPSA) is 81.7 Å². The zero-order valence-electron chi connectivity index (χ0n) is 10.9. The normalized spacial score (nSPS) is 11.6. The molecule has 0 fully saturated rings. The molecular formula is C13H12N3O2S2-. The standard InChI is InChI=1S/C13H13N3O2S2/c1-8-14-13(16-15-8)20-11(12(17)18)7-9-3-5-10(19-2)6-4-9/h3-7H,1-2H3,(H,17,18)(H,14,15,16)/p-1/b11-7-. The summed E-state index contributed by atoms with van der Waals surface area (Å²) >= 11 is 2.59. The molecule has 1 aromatic heterocycles. The molecule has 0 aliphatic heterocycles. The van der Waals surface area contributed by atoms with Crippen LogP contribution in [0.4, 0.5) is 0 Å². The Balaban J connectivity index is 2.22. The van der Waals surface area contributed by atoms with E-state index in [1.54, 1.807) is 24.8 Å². The number of aliphatic carboxylic acids is 1. The molecule has 0 spiro atoms. The molecule has 0 saturated carbocycles. The maximum atomic E-state index is 11.2. The Morgan fingerprint density at radius 3 is 2.55 bits per heavy atom. The number of nitrogens with zero attached hydrogens (tertiary/aromatic N) is 2. The Labute approximate surface area is 124 Å². The molecule has 104 valence electrons. The number of aryl methyl sites for hydroxylation is 1. The molecule has 0 bridgehead atoms. The van der Waals surface area contributed by atoms with Crippen molar-refractivity contribution in [2.75, 3.05) is 6.26 Å². The van der Waals surface area contributed by atoms with Crippen LogP contribution in [0.5, 0.6) is 0 Å². The minimum absolute atomic E-state index is 0.0703. The largest absolute Gasteiger partial charge is 0.544 e. The number of carboxylic acid groups (broad SMARTS) is 1. The van der Waals surface area contributed by atoms with E-state index in [-0.39, 0.29) is 4.91 Å². The molecule has 1 N–H and O–H groups in total. The molecule has 2 aromatic rings. The van der Waals surface area contributed by atoms with Crippen LogP contribution in [-0.2, 0) is 4.79 Å². The third-order valence-corrected chi connectivity index (χ3v) is 4.01. The number of benzene rings is 1. The highest BCUT2D eigenvalue weighted by Gasteiger charge is 2.07. The summed E-state index contributed by atoms with van der Waals surface area (Å²) in [6.45, 7) is 1.75. The predicted molar refractivity (Wildman–Crippen MR) is 78.2 cm³/mol. The minimum Gasteiger partial charge on any atom is -0.544 e. The van der Waals surface area contributed by atoms with Crippen molar-refractivity contribution >= 4 is 35.6 Å². The Kier molecular flexibility index (Phi) is 4.86. The van der Waals surface area contributed by atoms with Crippen LogP contribution in [0.1, 0.15) is 11.4 Å². The van der Waals surface area contributed by atoms with Gasteiger partial charge in [-0.25, -0.2) is 4.98 Å². The van der Waals surface area contributed by atoms with Gasteiger partial charge in [0.25, 0.3) is 0 Å². The number of hydrogen-bond donors (Lipinski definition) is 1. The number of nitrogens with one attached hydrogen (secondary N) is 1. The van der Waals surface area contributed by atoms with Gasteiger partial charge < -0.3 is 9.90 Å². The van der Waals surface area contributed by atoms with E-state index in [0.717, 1.165) is 22.2 Å². The Hall–Kier alpha value is -1.73. The number of carbonyl (C=O) groups excluding carboxylic acids is 1. The van der Waals surface area contributed by atoms with Crippen molar-refractivity contribution in [3.05, 3.63) is 40.6 Å². The fraction of sp³-hybridized carbons (Fsp3) is 0.154. The molecule has 0 atom stereocenters. The van der Waals surface area contributed by atoms with Crippen molar-refractivity contribution in [3.8, 4) is 0 Å². The lowest BCUT2D eigenvalue weighted by Gasteiger charge is -2.06. The molecule has 2 rings (SSSR count). The fourth-order valence-electron chi connectivity index (χ4n) is 1.45. The Morgan fingerprint density at radius 2 is 2.05 bits per heavy atom. The van der Waals surface area contributed by atoms with Crippen LogP contribution in [0.3, 0.4) is 0 Å². The molecule has 0 radical (unpaired) electrons. The monoisotopic (exact) mass is 306 g/mol. The summed E-state index contributed by atoms with van der Waals surface area (Å²) in [5.41, 5.74) is 0.793. The van der Waals surface area contributed by atoms with Crippen LogP contribution in [-0.4, -0.2) is 27.4 Å². The highest BCUT2D eigenvalue weighted by Crippen LogP contribution is 2.25. The molecule has 5 nitrogen and oxygen atoms in total. The number of rotatable bonds is 5. The van der Waals surface area contributed by atoms with Gasteiger partial charge in [-0.15, -0.1) is 16.9 Å². The van der Waals surface area contributed by atoms with E-state index in [0.29, 0.717) is 11.0 Å². The summed E-state index contributed by atoms with van der Waals surface area (Å²) in [7, 11) is 0. The van der Waals surface area contributed by atoms with Crippen molar-refractivity contribution in [1.82, 2.24) is 15.2 Å². The van der Waals surface area contributed by atoms with Crippen molar-refractivity contribution in [3.63, 3.8) is 0 Å². The first-order valence-electron chi connectivity index (χ1n) is 5.72. The van der Waals surface area contributed by atoms with Gasteiger partial charge in [0, 0.05) is 9.80 Å². The van der Waals surface area contributed by atoms with Crippen molar-refractivity contribution < 1.29 is 9.90 Å². The first-order chi connectivity index (χ1) is 9.58. The molecule has 20 heavy (non-hydrogen) atoms. The first-order valence-corrected chi connectivity index (χ1v) is 7.76. The number of aromatic amines is 1. The van der Waals surface area contributed by atoms with Gasteiger partial charge in [0.2, 0.25) is 5.16 Å². The highest BCUT2D eigenvalue weighted by atomic mass is 32.2. The summed E-state index contributed by atoms with van der Waals surface area (Å²) in [5, 5.41) is 18.1. The van der Waals surface area contributed by atoms with Crippen molar-refractivity contribution in [2.45, 2.75) is 17.0 Å². The zero-order chi connectivity index (χ0) is 14.5. The van der Waals surface area contributed by atoms with Crippen LogP contribution in [0, 0.1) is 6.92 Å². The SMILES string of the molecule is CSc1ccc(/C=C(\Sc2n[nH]c(C)n2)C(=O)[O-])cc1. The predicted octanol–water partition coefficient (Wildman–Crippen LogP) is 1.72. The molecule has 0 unspecified atom stereocenters. The summed E-state index contributed by atoms with van der Waals surface area (Å²) in [6, 6.07) is 7.59. The number of H-pyrrole nitrogens is 1. The molecule has 1 heterocycles. The van der Waals surface area contributed by atoms with Gasteiger partial charge >= 0.3 is 0 Å². The molecule has 1 aromatic carbocycles. The van der Waals surface area contributed by atoms with E-state index in [4.69, 9.17) is 0 Å². The lowest BCUT2D eigenvalue weighted by Crippen LogP contribution is -2.23. The average molecular weight is 306 g/mol. The molecule has 0 aliphatic carbocycles. The van der Waals surface area contributed by atoms with Gasteiger partial charge in [0.05, 0.1) is 5.97 Å². The van der Waals surface area contributed by atoms with E-state index in [9.17, 15) is 9.90 Å². The second-order valence-electron chi connectivity index (χ2n) is 3.87.